The highest BCUT2D eigenvalue weighted by atomic mass is 35.5. The third-order valence-corrected chi connectivity index (χ3v) is 6.36. The van der Waals surface area contributed by atoms with E-state index in [9.17, 15) is 23.1 Å². The van der Waals surface area contributed by atoms with Crippen molar-refractivity contribution in [2.24, 2.45) is 0 Å². The summed E-state index contributed by atoms with van der Waals surface area (Å²) in [5, 5.41) is 10.5. The summed E-state index contributed by atoms with van der Waals surface area (Å²) < 4.78 is 28.0. The zero-order valence-electron chi connectivity index (χ0n) is 16.2. The normalized spacial score (nSPS) is 16.5. The first-order valence-corrected chi connectivity index (χ1v) is 10.4. The number of sulfonamides is 1. The van der Waals surface area contributed by atoms with Crippen molar-refractivity contribution in [2.45, 2.75) is 23.8 Å². The van der Waals surface area contributed by atoms with Gasteiger partial charge in [-0.25, -0.2) is 17.9 Å². The number of hydrogen-bond donors (Lipinski definition) is 2. The number of carbonyl (C=O) groups excluding carboxylic acids is 1. The highest BCUT2D eigenvalue weighted by Crippen LogP contribution is 2.30. The van der Waals surface area contributed by atoms with Gasteiger partial charge in [-0.05, 0) is 25.0 Å². The Morgan fingerprint density at radius 1 is 1.17 bits per heavy atom. The summed E-state index contributed by atoms with van der Waals surface area (Å²) in [7, 11) is -0.202. The highest BCUT2D eigenvalue weighted by molar-refractivity contribution is 7.89. The van der Waals surface area contributed by atoms with Crippen LogP contribution in [0, 0.1) is 0 Å². The second-order valence-corrected chi connectivity index (χ2v) is 8.67. The Morgan fingerprint density at radius 2 is 1.83 bits per heavy atom. The molecule has 10 heteroatoms. The molecule has 1 heterocycles. The van der Waals surface area contributed by atoms with Crippen molar-refractivity contribution in [3.63, 3.8) is 0 Å². The van der Waals surface area contributed by atoms with Gasteiger partial charge in [0.15, 0.2) is 0 Å². The lowest BCUT2D eigenvalue weighted by Gasteiger charge is -2.21. The molecule has 1 unspecified atom stereocenters. The van der Waals surface area contributed by atoms with Gasteiger partial charge in [-0.15, -0.1) is 12.4 Å². The van der Waals surface area contributed by atoms with Gasteiger partial charge < -0.3 is 14.9 Å². The van der Waals surface area contributed by atoms with Crippen LogP contribution in [0.4, 0.5) is 5.69 Å². The van der Waals surface area contributed by atoms with Crippen LogP contribution in [0.15, 0.2) is 41.3 Å². The largest absolute Gasteiger partial charge is 0.480 e. The lowest BCUT2D eigenvalue weighted by molar-refractivity contribution is -0.147. The number of likely N-dealkylation sites (tertiary alicyclic amines) is 1. The second-order valence-electron chi connectivity index (χ2n) is 6.93. The van der Waals surface area contributed by atoms with Crippen LogP contribution in [0.1, 0.15) is 12.8 Å². The van der Waals surface area contributed by atoms with E-state index in [1.165, 1.54) is 11.0 Å². The molecule has 1 atom stereocenters. The van der Waals surface area contributed by atoms with Gasteiger partial charge in [0.05, 0.1) is 11.4 Å². The van der Waals surface area contributed by atoms with E-state index < -0.39 is 34.5 Å². The molecular formula is C19H24ClN3O5S. The number of nitrogens with zero attached hydrogens (tertiary/aromatic N) is 2. The SMILES string of the molecule is CN(C)c1cccc2c(S(=O)(=O)NCC(=O)N3CCCC3C(=O)O)cccc12.Cl. The maximum Gasteiger partial charge on any atom is 0.326 e. The predicted octanol–water partition coefficient (Wildman–Crippen LogP) is 1.68. The standard InChI is InChI=1S/C19H23N3O5S.ClH/c1-21(2)15-8-3-7-14-13(15)6-4-10-17(14)28(26,27)20-12-18(23)22-11-5-9-16(22)19(24)25;/h3-4,6-8,10,16,20H,5,9,11-12H2,1-2H3,(H,24,25);1H. The molecule has 2 aromatic carbocycles. The van der Waals surface area contributed by atoms with Gasteiger partial charge >= 0.3 is 5.97 Å². The van der Waals surface area contributed by atoms with Crippen LogP contribution >= 0.6 is 12.4 Å². The summed E-state index contributed by atoms with van der Waals surface area (Å²) >= 11 is 0. The van der Waals surface area contributed by atoms with Gasteiger partial charge in [0.2, 0.25) is 15.9 Å². The number of hydrogen-bond acceptors (Lipinski definition) is 5. The van der Waals surface area contributed by atoms with E-state index in [0.29, 0.717) is 24.8 Å². The molecule has 1 fully saturated rings. The minimum atomic E-state index is -3.96. The summed E-state index contributed by atoms with van der Waals surface area (Å²) in [6.07, 6.45) is 0.969. The average Bonchev–Trinajstić information content (AvgIpc) is 3.15. The number of carboxylic acid groups (broad SMARTS) is 1. The van der Waals surface area contributed by atoms with E-state index in [2.05, 4.69) is 4.72 Å². The first-order valence-electron chi connectivity index (χ1n) is 8.93. The molecule has 3 rings (SSSR count). The van der Waals surface area contributed by atoms with Crippen LogP contribution < -0.4 is 9.62 Å². The summed E-state index contributed by atoms with van der Waals surface area (Å²) in [6, 6.07) is 9.50. The Morgan fingerprint density at radius 3 is 2.48 bits per heavy atom. The summed E-state index contributed by atoms with van der Waals surface area (Å²) in [5.41, 5.74) is 0.881. The molecule has 1 aliphatic heterocycles. The number of anilines is 1. The van der Waals surface area contributed by atoms with Gasteiger partial charge in [-0.1, -0.05) is 24.3 Å². The molecule has 1 amide bonds. The fraction of sp³-hybridized carbons (Fsp3) is 0.368. The van der Waals surface area contributed by atoms with Gasteiger partial charge in [0.1, 0.15) is 6.04 Å². The molecule has 0 aromatic heterocycles. The van der Waals surface area contributed by atoms with Crippen molar-refractivity contribution in [3.05, 3.63) is 36.4 Å². The minimum Gasteiger partial charge on any atom is -0.480 e. The number of nitrogens with one attached hydrogen (secondary N) is 1. The maximum atomic E-state index is 12.9. The van der Waals surface area contributed by atoms with Gasteiger partial charge in [0.25, 0.3) is 0 Å². The Labute approximate surface area is 175 Å². The highest BCUT2D eigenvalue weighted by Gasteiger charge is 2.34. The molecule has 0 aliphatic carbocycles. The fourth-order valence-electron chi connectivity index (χ4n) is 3.55. The number of rotatable bonds is 6. The van der Waals surface area contributed by atoms with E-state index >= 15 is 0 Å². The van der Waals surface area contributed by atoms with Crippen molar-refractivity contribution < 1.29 is 23.1 Å². The summed E-state index contributed by atoms with van der Waals surface area (Å²) in [4.78, 5) is 26.8. The monoisotopic (exact) mass is 441 g/mol. The quantitative estimate of drug-likeness (QED) is 0.706. The molecule has 2 N–H and O–H groups in total. The lowest BCUT2D eigenvalue weighted by Crippen LogP contribution is -2.45. The van der Waals surface area contributed by atoms with Crippen molar-refractivity contribution in [1.29, 1.82) is 0 Å². The number of carbonyl (C=O) groups is 2. The zero-order chi connectivity index (χ0) is 20.5. The average molecular weight is 442 g/mol. The fourth-order valence-corrected chi connectivity index (χ4v) is 4.74. The van der Waals surface area contributed by atoms with Crippen LogP contribution in [0.25, 0.3) is 10.8 Å². The number of amides is 1. The summed E-state index contributed by atoms with van der Waals surface area (Å²) in [6.45, 7) is -0.159. The molecule has 8 nitrogen and oxygen atoms in total. The van der Waals surface area contributed by atoms with Crippen molar-refractivity contribution in [1.82, 2.24) is 9.62 Å². The van der Waals surface area contributed by atoms with Crippen LogP contribution in [0.5, 0.6) is 0 Å². The topological polar surface area (TPSA) is 107 Å². The molecule has 1 aliphatic rings. The first kappa shape index (κ1) is 22.9. The van der Waals surface area contributed by atoms with Crippen LogP contribution in [-0.4, -0.2) is 63.5 Å². The smallest absolute Gasteiger partial charge is 0.326 e. The molecule has 1 saturated heterocycles. The molecule has 29 heavy (non-hydrogen) atoms. The number of benzene rings is 2. The van der Waals surface area contributed by atoms with Gasteiger partial charge in [-0.2, -0.15) is 0 Å². The van der Waals surface area contributed by atoms with E-state index in [0.717, 1.165) is 11.1 Å². The van der Waals surface area contributed by atoms with Gasteiger partial charge in [0, 0.05) is 37.1 Å². The third-order valence-electron chi connectivity index (χ3n) is 4.90. The molecular weight excluding hydrogens is 418 g/mol. The van der Waals surface area contributed by atoms with E-state index in [4.69, 9.17) is 0 Å². The lowest BCUT2D eigenvalue weighted by atomic mass is 10.1. The second kappa shape index (κ2) is 8.98. The van der Waals surface area contributed by atoms with Crippen LogP contribution in [0.3, 0.4) is 0 Å². The zero-order valence-corrected chi connectivity index (χ0v) is 17.8. The van der Waals surface area contributed by atoms with Crippen molar-refractivity contribution >= 4 is 50.8 Å². The molecule has 0 spiro atoms. The number of carboxylic acids is 1. The van der Waals surface area contributed by atoms with Crippen molar-refractivity contribution in [2.75, 3.05) is 32.1 Å². The Balaban J connectivity index is 0.00000300. The van der Waals surface area contributed by atoms with Crippen LogP contribution in [-0.2, 0) is 19.6 Å². The number of fused-ring (bicyclic) bond motifs is 1. The van der Waals surface area contributed by atoms with E-state index in [1.54, 1.807) is 18.2 Å². The summed E-state index contributed by atoms with van der Waals surface area (Å²) in [5.74, 6) is -1.61. The Kier molecular flexibility index (Phi) is 7.10. The van der Waals surface area contributed by atoms with E-state index in [1.807, 2.05) is 31.1 Å². The first-order chi connectivity index (χ1) is 13.2. The minimum absolute atomic E-state index is 0. The molecule has 2 aromatic rings. The molecule has 0 radical (unpaired) electrons. The van der Waals surface area contributed by atoms with Gasteiger partial charge in [-0.3, -0.25) is 4.79 Å². The predicted molar refractivity (Wildman–Crippen MR) is 113 cm³/mol. The van der Waals surface area contributed by atoms with E-state index in [-0.39, 0.29) is 17.3 Å². The van der Waals surface area contributed by atoms with Crippen molar-refractivity contribution in [3.8, 4) is 0 Å². The molecule has 0 bridgehead atoms. The number of halogens is 1. The third kappa shape index (κ3) is 4.63. The molecule has 158 valence electrons. The maximum absolute atomic E-state index is 12.9. The molecule has 0 saturated carbocycles. The number of aliphatic carboxylic acids is 1. The Bertz CT molecular complexity index is 1030. The van der Waals surface area contributed by atoms with Crippen LogP contribution in [0.2, 0.25) is 0 Å². The Hall–Kier alpha value is -2.36.